The number of benzene rings is 3. The van der Waals surface area contributed by atoms with E-state index in [9.17, 15) is 31.2 Å². The van der Waals surface area contributed by atoms with Crippen molar-refractivity contribution in [2.24, 2.45) is 5.14 Å². The summed E-state index contributed by atoms with van der Waals surface area (Å²) in [6, 6.07) is 14.1. The third-order valence-electron chi connectivity index (χ3n) is 6.96. The Morgan fingerprint density at radius 1 is 0.979 bits per heavy atom. The highest BCUT2D eigenvalue weighted by Crippen LogP contribution is 2.39. The van der Waals surface area contributed by atoms with Crippen molar-refractivity contribution in [3.63, 3.8) is 0 Å². The second kappa shape index (κ2) is 13.9. The number of nitrogens with one attached hydrogen (secondary N) is 2. The first-order valence-electron chi connectivity index (χ1n) is 14.5. The van der Waals surface area contributed by atoms with Crippen molar-refractivity contribution in [2.45, 2.75) is 56.6 Å². The number of alkyl halides is 3. The number of nitrogen functional groups attached to an aromatic ring is 1. The number of nitrogens with zero attached hydrogens (tertiary/aromatic N) is 1. The van der Waals surface area contributed by atoms with E-state index in [-0.39, 0.29) is 51.7 Å². The molecule has 1 amide bonds. The largest absolute Gasteiger partial charge is 0.491 e. The smallest absolute Gasteiger partial charge is 0.490 e. The number of aromatic nitrogens is 1. The van der Waals surface area contributed by atoms with Crippen molar-refractivity contribution in [3.05, 3.63) is 84.1 Å². The Balaban J connectivity index is 1.94. The van der Waals surface area contributed by atoms with E-state index in [0.717, 1.165) is 0 Å². The molecule has 48 heavy (non-hydrogen) atoms. The minimum atomic E-state index is -5.52. The monoisotopic (exact) mass is 689 g/mol. The Bertz CT molecular complexity index is 1940. The van der Waals surface area contributed by atoms with Crippen LogP contribution in [0.2, 0.25) is 0 Å². The molecule has 2 atom stereocenters. The lowest BCUT2D eigenvalue weighted by atomic mass is 9.98. The molecule has 256 valence electrons. The second-order valence-corrected chi connectivity index (χ2v) is 12.5. The van der Waals surface area contributed by atoms with Gasteiger partial charge in [0.1, 0.15) is 5.82 Å². The number of ether oxygens (including phenoxy) is 3. The minimum absolute atomic E-state index is 0.0528. The number of anilines is 2. The molecule has 0 saturated heterocycles. The zero-order chi connectivity index (χ0) is 35.4. The number of pyridine rings is 1. The van der Waals surface area contributed by atoms with Gasteiger partial charge in [0, 0.05) is 22.8 Å². The zero-order valence-electron chi connectivity index (χ0n) is 26.3. The average molecular weight is 690 g/mol. The number of carbonyl (C=O) groups excluding carboxylic acids is 2. The van der Waals surface area contributed by atoms with Crippen LogP contribution in [0.4, 0.5) is 24.7 Å². The number of rotatable bonds is 12. The highest BCUT2D eigenvalue weighted by atomic mass is 32.2. The van der Waals surface area contributed by atoms with Gasteiger partial charge in [0.2, 0.25) is 10.0 Å². The summed E-state index contributed by atoms with van der Waals surface area (Å²) in [5, 5.41) is 11.6. The first-order valence-corrected chi connectivity index (χ1v) is 16.1. The van der Waals surface area contributed by atoms with Crippen molar-refractivity contribution >= 4 is 44.2 Å². The van der Waals surface area contributed by atoms with Crippen molar-refractivity contribution in [1.29, 1.82) is 0 Å². The van der Waals surface area contributed by atoms with Crippen LogP contribution in [0.25, 0.3) is 10.8 Å². The van der Waals surface area contributed by atoms with Gasteiger partial charge in [-0.3, -0.25) is 4.79 Å². The molecule has 0 fully saturated rings. The predicted octanol–water partition coefficient (Wildman–Crippen LogP) is 4.90. The number of sulfonamides is 1. The van der Waals surface area contributed by atoms with Gasteiger partial charge in [-0.15, -0.1) is 0 Å². The van der Waals surface area contributed by atoms with Gasteiger partial charge in [-0.1, -0.05) is 12.1 Å². The third kappa shape index (κ3) is 8.06. The summed E-state index contributed by atoms with van der Waals surface area (Å²) in [4.78, 5) is 30.8. The summed E-state index contributed by atoms with van der Waals surface area (Å²) in [7, 11) is -4.13. The van der Waals surface area contributed by atoms with Crippen molar-refractivity contribution in [2.75, 3.05) is 17.7 Å². The molecule has 0 aliphatic rings. The summed E-state index contributed by atoms with van der Waals surface area (Å²) >= 11 is 0. The van der Waals surface area contributed by atoms with Gasteiger partial charge in [0.25, 0.3) is 11.6 Å². The molecule has 16 heteroatoms. The molecule has 4 rings (SSSR count). The molecule has 4 aromatic rings. The van der Waals surface area contributed by atoms with Gasteiger partial charge in [0.15, 0.2) is 11.5 Å². The number of nitrogens with two attached hydrogens (primary N) is 2. The number of esters is 1. The first kappa shape index (κ1) is 35.8. The van der Waals surface area contributed by atoms with E-state index >= 15 is 0 Å². The van der Waals surface area contributed by atoms with Crippen molar-refractivity contribution < 1.29 is 45.4 Å². The van der Waals surface area contributed by atoms with Crippen LogP contribution in [0.5, 0.6) is 11.5 Å². The van der Waals surface area contributed by atoms with Gasteiger partial charge in [-0.25, -0.2) is 23.3 Å². The van der Waals surface area contributed by atoms with Gasteiger partial charge < -0.3 is 30.6 Å². The van der Waals surface area contributed by atoms with Gasteiger partial charge in [-0.2, -0.15) is 13.2 Å². The van der Waals surface area contributed by atoms with Crippen molar-refractivity contribution in [3.8, 4) is 11.5 Å². The maximum Gasteiger partial charge on any atom is 0.491 e. The summed E-state index contributed by atoms with van der Waals surface area (Å²) in [6.07, 6.45) is -4.42. The standard InChI is InChI=1S/C32H34F3N5O7S/c1-5-45-27-17-22(9-12-26(27)46-18(2)3)31(47-30(42)32(33,34)35,40-23-10-11-25-21(15-23)13-14-38-28(25)36)29(41)39-19(4)20-7-6-8-24(16-20)48(37,43)44/h6-19,40H,5H2,1-4H3,(H2,36,38)(H,39,41)(H2,37,43,44). The quantitative estimate of drug-likeness (QED) is 0.118. The Kier molecular flexibility index (Phi) is 10.4. The fourth-order valence-corrected chi connectivity index (χ4v) is 5.33. The third-order valence-corrected chi connectivity index (χ3v) is 7.87. The molecule has 0 aliphatic heterocycles. The summed E-state index contributed by atoms with van der Waals surface area (Å²) in [5.41, 5.74) is 3.09. The van der Waals surface area contributed by atoms with Gasteiger partial charge >= 0.3 is 12.1 Å². The lowest BCUT2D eigenvalue weighted by Crippen LogP contribution is -2.55. The van der Waals surface area contributed by atoms with Crippen LogP contribution in [0.3, 0.4) is 0 Å². The number of hydrogen-bond donors (Lipinski definition) is 4. The lowest BCUT2D eigenvalue weighted by molar-refractivity contribution is -0.213. The zero-order valence-corrected chi connectivity index (χ0v) is 27.1. The molecular formula is C32H34F3N5O7S. The maximum absolute atomic E-state index is 14.4. The van der Waals surface area contributed by atoms with E-state index in [1.807, 2.05) is 0 Å². The second-order valence-electron chi connectivity index (χ2n) is 10.9. The number of amides is 1. The molecular weight excluding hydrogens is 655 g/mol. The summed E-state index contributed by atoms with van der Waals surface area (Å²) in [5.74, 6) is -3.47. The van der Waals surface area contributed by atoms with E-state index in [0.29, 0.717) is 10.8 Å². The SMILES string of the molecule is CCOc1cc(C(Nc2ccc3c(N)nccc3c2)(OC(=O)C(F)(F)F)C(=O)NC(C)c2cccc(S(N)(=O)=O)c2)ccc1OC(C)C. The Morgan fingerprint density at radius 2 is 1.71 bits per heavy atom. The predicted molar refractivity (Wildman–Crippen MR) is 171 cm³/mol. The first-order chi connectivity index (χ1) is 22.4. The molecule has 0 bridgehead atoms. The normalized spacial score (nSPS) is 13.8. The average Bonchev–Trinajstić information content (AvgIpc) is 3.00. The molecule has 0 aliphatic carbocycles. The number of primary sulfonamides is 1. The fraction of sp³-hybridized carbons (Fsp3) is 0.281. The van der Waals surface area contributed by atoms with Crippen LogP contribution in [0, 0.1) is 0 Å². The summed E-state index contributed by atoms with van der Waals surface area (Å²) < 4.78 is 82.2. The molecule has 6 N–H and O–H groups in total. The number of hydrogen-bond acceptors (Lipinski definition) is 10. The van der Waals surface area contributed by atoms with E-state index in [1.54, 1.807) is 26.8 Å². The Morgan fingerprint density at radius 3 is 2.35 bits per heavy atom. The lowest BCUT2D eigenvalue weighted by Gasteiger charge is -2.35. The molecule has 1 heterocycles. The maximum atomic E-state index is 14.4. The minimum Gasteiger partial charge on any atom is -0.490 e. The molecule has 12 nitrogen and oxygen atoms in total. The van der Waals surface area contributed by atoms with Crippen LogP contribution in [0.1, 0.15) is 44.9 Å². The van der Waals surface area contributed by atoms with Crippen LogP contribution in [-0.2, 0) is 30.1 Å². The Hall–Kier alpha value is -5.09. The van der Waals surface area contributed by atoms with Gasteiger partial charge in [0.05, 0.1) is 23.6 Å². The van der Waals surface area contributed by atoms with Crippen molar-refractivity contribution in [1.82, 2.24) is 10.3 Å². The van der Waals surface area contributed by atoms with E-state index < -0.39 is 39.8 Å². The van der Waals surface area contributed by atoms with Crippen LogP contribution in [0.15, 0.2) is 77.8 Å². The number of halogens is 3. The topological polar surface area (TPSA) is 185 Å². The molecule has 1 aromatic heterocycles. The number of carbonyl (C=O) groups is 2. The highest BCUT2D eigenvalue weighted by Gasteiger charge is 2.52. The molecule has 0 saturated carbocycles. The van der Waals surface area contributed by atoms with Crippen LogP contribution in [-0.4, -0.2) is 44.2 Å². The molecule has 0 radical (unpaired) electrons. The fourth-order valence-electron chi connectivity index (χ4n) is 4.76. The van der Waals surface area contributed by atoms with Crippen LogP contribution >= 0.6 is 0 Å². The van der Waals surface area contributed by atoms with E-state index in [2.05, 4.69) is 15.6 Å². The summed E-state index contributed by atoms with van der Waals surface area (Å²) in [6.45, 7) is 6.74. The van der Waals surface area contributed by atoms with Gasteiger partial charge in [-0.05, 0) is 93.2 Å². The molecule has 3 aromatic carbocycles. The molecule has 2 unspecified atom stereocenters. The van der Waals surface area contributed by atoms with E-state index in [4.69, 9.17) is 25.1 Å². The molecule has 0 spiro atoms. The van der Waals surface area contributed by atoms with Crippen LogP contribution < -0.4 is 31.0 Å². The van der Waals surface area contributed by atoms with E-state index in [1.165, 1.54) is 73.8 Å². The number of fused-ring (bicyclic) bond motifs is 1. The highest BCUT2D eigenvalue weighted by molar-refractivity contribution is 7.89. The Labute approximate surface area is 274 Å².